The molecule has 0 saturated carbocycles. The van der Waals surface area contributed by atoms with Crippen molar-refractivity contribution in [1.29, 1.82) is 0 Å². The second-order valence-electron chi connectivity index (χ2n) is 4.65. The van der Waals surface area contributed by atoms with Gasteiger partial charge in [-0.3, -0.25) is 0 Å². The Morgan fingerprint density at radius 2 is 2.25 bits per heavy atom. The van der Waals surface area contributed by atoms with Gasteiger partial charge in [0.05, 0.1) is 5.60 Å². The van der Waals surface area contributed by atoms with Crippen LogP contribution in [0.25, 0.3) is 0 Å². The van der Waals surface area contributed by atoms with Crippen molar-refractivity contribution in [2.45, 2.75) is 26.0 Å². The van der Waals surface area contributed by atoms with Crippen LogP contribution in [-0.2, 0) is 13.6 Å². The van der Waals surface area contributed by atoms with E-state index in [1.807, 2.05) is 13.8 Å². The van der Waals surface area contributed by atoms with Crippen molar-refractivity contribution in [1.82, 2.24) is 9.88 Å². The van der Waals surface area contributed by atoms with Gasteiger partial charge >= 0.3 is 0 Å². The molecule has 0 radical (unpaired) electrons. The summed E-state index contributed by atoms with van der Waals surface area (Å²) in [6, 6.07) is 4.18. The smallest absolute Gasteiger partial charge is 0.0681 e. The van der Waals surface area contributed by atoms with Gasteiger partial charge in [-0.15, -0.1) is 0 Å². The summed E-state index contributed by atoms with van der Waals surface area (Å²) in [4.78, 5) is 0. The molecule has 3 nitrogen and oxygen atoms in total. The van der Waals surface area contributed by atoms with Crippen molar-refractivity contribution < 1.29 is 5.11 Å². The highest BCUT2D eigenvalue weighted by Crippen LogP contribution is 2.10. The molecule has 4 heteroatoms. The van der Waals surface area contributed by atoms with E-state index in [9.17, 15) is 5.11 Å². The molecule has 1 aromatic rings. The van der Waals surface area contributed by atoms with E-state index in [1.54, 1.807) is 11.8 Å². The molecule has 0 amide bonds. The summed E-state index contributed by atoms with van der Waals surface area (Å²) in [6.45, 7) is 5.58. The standard InChI is InChI=1S/C12H22N2OS/c1-12(2,15)10-16-8-6-13-9-11-5-4-7-14(11)3/h4-5,7,13,15H,6,8-10H2,1-3H3. The van der Waals surface area contributed by atoms with E-state index in [1.165, 1.54) is 5.69 Å². The third-order valence-corrected chi connectivity index (χ3v) is 3.64. The average molecular weight is 242 g/mol. The van der Waals surface area contributed by atoms with Crippen LogP contribution in [0.3, 0.4) is 0 Å². The van der Waals surface area contributed by atoms with Gasteiger partial charge in [0, 0.05) is 43.5 Å². The van der Waals surface area contributed by atoms with Crippen molar-refractivity contribution in [3.05, 3.63) is 24.0 Å². The molecule has 0 fully saturated rings. The molecule has 0 spiro atoms. The quantitative estimate of drug-likeness (QED) is 0.714. The molecule has 16 heavy (non-hydrogen) atoms. The normalized spacial score (nSPS) is 12.0. The first-order valence-corrected chi connectivity index (χ1v) is 6.75. The first kappa shape index (κ1) is 13.6. The topological polar surface area (TPSA) is 37.2 Å². The van der Waals surface area contributed by atoms with E-state index in [-0.39, 0.29) is 0 Å². The lowest BCUT2D eigenvalue weighted by molar-refractivity contribution is 0.107. The van der Waals surface area contributed by atoms with Crippen LogP contribution in [0.4, 0.5) is 0 Å². The first-order chi connectivity index (χ1) is 7.49. The molecule has 92 valence electrons. The molecule has 1 rings (SSSR count). The summed E-state index contributed by atoms with van der Waals surface area (Å²) in [7, 11) is 2.06. The van der Waals surface area contributed by atoms with Gasteiger partial charge in [-0.2, -0.15) is 11.8 Å². The van der Waals surface area contributed by atoms with Crippen LogP contribution in [0.5, 0.6) is 0 Å². The van der Waals surface area contributed by atoms with Crippen LogP contribution in [0.15, 0.2) is 18.3 Å². The minimum Gasteiger partial charge on any atom is -0.390 e. The van der Waals surface area contributed by atoms with Gasteiger partial charge in [-0.1, -0.05) is 0 Å². The van der Waals surface area contributed by atoms with Gasteiger partial charge in [0.1, 0.15) is 0 Å². The Kier molecular flexibility index (Phi) is 5.38. The largest absolute Gasteiger partial charge is 0.390 e. The summed E-state index contributed by atoms with van der Waals surface area (Å²) in [5, 5.41) is 12.9. The van der Waals surface area contributed by atoms with Crippen LogP contribution in [-0.4, -0.2) is 33.3 Å². The van der Waals surface area contributed by atoms with Gasteiger partial charge < -0.3 is 15.0 Å². The Hall–Kier alpha value is -0.450. The predicted octanol–water partition coefficient (Wildman–Crippen LogP) is 1.62. The Morgan fingerprint density at radius 1 is 1.50 bits per heavy atom. The van der Waals surface area contributed by atoms with Crippen molar-refractivity contribution >= 4 is 11.8 Å². The SMILES string of the molecule is Cn1cccc1CNCCSCC(C)(C)O. The highest BCUT2D eigenvalue weighted by molar-refractivity contribution is 7.99. The lowest BCUT2D eigenvalue weighted by Crippen LogP contribution is -2.24. The van der Waals surface area contributed by atoms with Crippen molar-refractivity contribution in [2.24, 2.45) is 7.05 Å². The number of hydrogen-bond acceptors (Lipinski definition) is 3. The Balaban J connectivity index is 2.03. The van der Waals surface area contributed by atoms with E-state index in [2.05, 4.69) is 35.3 Å². The fraction of sp³-hybridized carbons (Fsp3) is 0.667. The maximum Gasteiger partial charge on any atom is 0.0681 e. The predicted molar refractivity (Wildman–Crippen MR) is 70.7 cm³/mol. The van der Waals surface area contributed by atoms with Crippen molar-refractivity contribution in [3.63, 3.8) is 0 Å². The molecule has 2 N–H and O–H groups in total. The maximum atomic E-state index is 9.52. The minimum atomic E-state index is -0.553. The number of rotatable bonds is 7. The second kappa shape index (κ2) is 6.33. The van der Waals surface area contributed by atoms with E-state index in [0.29, 0.717) is 0 Å². The fourth-order valence-corrected chi connectivity index (χ4v) is 2.30. The highest BCUT2D eigenvalue weighted by atomic mass is 32.2. The molecule has 0 aliphatic rings. The summed E-state index contributed by atoms with van der Waals surface area (Å²) >= 11 is 1.78. The lowest BCUT2D eigenvalue weighted by atomic mass is 10.2. The Morgan fingerprint density at radius 3 is 2.81 bits per heavy atom. The molecule has 0 saturated heterocycles. The zero-order valence-corrected chi connectivity index (χ0v) is 11.2. The van der Waals surface area contributed by atoms with Crippen LogP contribution >= 0.6 is 11.8 Å². The summed E-state index contributed by atoms with van der Waals surface area (Å²) < 4.78 is 2.12. The zero-order chi connectivity index (χ0) is 12.0. The van der Waals surface area contributed by atoms with Gasteiger partial charge in [0.25, 0.3) is 0 Å². The lowest BCUT2D eigenvalue weighted by Gasteiger charge is -2.16. The molecule has 0 aromatic carbocycles. The molecule has 1 heterocycles. The molecule has 1 aromatic heterocycles. The summed E-state index contributed by atoms with van der Waals surface area (Å²) in [6.07, 6.45) is 2.06. The number of nitrogens with one attached hydrogen (secondary N) is 1. The molecular weight excluding hydrogens is 220 g/mol. The van der Waals surface area contributed by atoms with Crippen LogP contribution in [0.1, 0.15) is 19.5 Å². The van der Waals surface area contributed by atoms with E-state index in [4.69, 9.17) is 0 Å². The zero-order valence-electron chi connectivity index (χ0n) is 10.4. The number of hydrogen-bond donors (Lipinski definition) is 2. The number of aryl methyl sites for hydroxylation is 1. The number of thioether (sulfide) groups is 1. The van der Waals surface area contributed by atoms with Gasteiger partial charge in [-0.25, -0.2) is 0 Å². The Bertz CT molecular complexity index is 304. The molecule has 0 unspecified atom stereocenters. The average Bonchev–Trinajstić information content (AvgIpc) is 2.56. The van der Waals surface area contributed by atoms with Crippen LogP contribution < -0.4 is 5.32 Å². The second-order valence-corrected chi connectivity index (χ2v) is 5.76. The molecule has 0 aliphatic carbocycles. The monoisotopic (exact) mass is 242 g/mol. The van der Waals surface area contributed by atoms with E-state index in [0.717, 1.165) is 24.6 Å². The maximum absolute atomic E-state index is 9.52. The summed E-state index contributed by atoms with van der Waals surface area (Å²) in [5.41, 5.74) is 0.746. The number of nitrogens with zero attached hydrogens (tertiary/aromatic N) is 1. The molecule has 0 aliphatic heterocycles. The van der Waals surface area contributed by atoms with E-state index < -0.39 is 5.60 Å². The fourth-order valence-electron chi connectivity index (χ4n) is 1.36. The van der Waals surface area contributed by atoms with Crippen LogP contribution in [0, 0.1) is 0 Å². The third kappa shape index (κ3) is 5.58. The van der Waals surface area contributed by atoms with Gasteiger partial charge in [-0.05, 0) is 26.0 Å². The van der Waals surface area contributed by atoms with Crippen LogP contribution in [0.2, 0.25) is 0 Å². The van der Waals surface area contributed by atoms with Crippen molar-refractivity contribution in [2.75, 3.05) is 18.1 Å². The van der Waals surface area contributed by atoms with Gasteiger partial charge in [0.15, 0.2) is 0 Å². The van der Waals surface area contributed by atoms with Gasteiger partial charge in [0.2, 0.25) is 0 Å². The molecule has 0 bridgehead atoms. The number of aliphatic hydroxyl groups is 1. The minimum absolute atomic E-state index is 0.553. The van der Waals surface area contributed by atoms with E-state index >= 15 is 0 Å². The highest BCUT2D eigenvalue weighted by Gasteiger charge is 2.11. The summed E-state index contributed by atoms with van der Waals surface area (Å²) in [5.74, 6) is 1.83. The number of aromatic nitrogens is 1. The molecular formula is C12H22N2OS. The third-order valence-electron chi connectivity index (χ3n) is 2.24. The first-order valence-electron chi connectivity index (χ1n) is 5.60. The molecule has 0 atom stereocenters. The van der Waals surface area contributed by atoms with Crippen molar-refractivity contribution in [3.8, 4) is 0 Å². The Labute approximate surface area is 102 Å².